The van der Waals surface area contributed by atoms with Crippen LogP contribution in [0.15, 0.2) is 23.1 Å². The number of aryl methyl sites for hydroxylation is 2. The van der Waals surface area contributed by atoms with Gasteiger partial charge in [-0.25, -0.2) is 13.1 Å². The van der Waals surface area contributed by atoms with Crippen molar-refractivity contribution < 1.29 is 8.42 Å². The Morgan fingerprint density at radius 1 is 1.30 bits per heavy atom. The van der Waals surface area contributed by atoms with Crippen LogP contribution in [0.5, 0.6) is 0 Å². The molecule has 0 aliphatic carbocycles. The van der Waals surface area contributed by atoms with E-state index < -0.39 is 10.0 Å². The highest BCUT2D eigenvalue weighted by Crippen LogP contribution is 2.18. The quantitative estimate of drug-likeness (QED) is 0.894. The van der Waals surface area contributed by atoms with Gasteiger partial charge in [0.1, 0.15) is 0 Å². The number of benzene rings is 1. The summed E-state index contributed by atoms with van der Waals surface area (Å²) in [6.45, 7) is 6.65. The fraction of sp³-hybridized carbons (Fsp3) is 0.600. The van der Waals surface area contributed by atoms with Crippen LogP contribution in [0.2, 0.25) is 0 Å². The zero-order valence-electron chi connectivity index (χ0n) is 12.4. The van der Waals surface area contributed by atoms with Gasteiger partial charge in [-0.1, -0.05) is 18.6 Å². The summed E-state index contributed by atoms with van der Waals surface area (Å²) in [5.74, 6) is 0. The molecule has 2 unspecified atom stereocenters. The van der Waals surface area contributed by atoms with E-state index in [-0.39, 0.29) is 12.1 Å². The summed E-state index contributed by atoms with van der Waals surface area (Å²) in [5, 5.41) is 3.39. The van der Waals surface area contributed by atoms with Gasteiger partial charge in [0.25, 0.3) is 0 Å². The lowest BCUT2D eigenvalue weighted by molar-refractivity contribution is 0.347. The summed E-state index contributed by atoms with van der Waals surface area (Å²) in [7, 11) is -3.45. The predicted octanol–water partition coefficient (Wildman–Crippen LogP) is 2.11. The zero-order chi connectivity index (χ0) is 14.8. The Morgan fingerprint density at radius 3 is 2.70 bits per heavy atom. The number of hydrogen-bond acceptors (Lipinski definition) is 3. The Labute approximate surface area is 122 Å². The van der Waals surface area contributed by atoms with Crippen molar-refractivity contribution in [3.63, 3.8) is 0 Å². The largest absolute Gasteiger partial charge is 0.312 e. The van der Waals surface area contributed by atoms with Gasteiger partial charge in [-0.3, -0.25) is 0 Å². The summed E-state index contributed by atoms with van der Waals surface area (Å²) in [5.41, 5.74) is 1.74. The van der Waals surface area contributed by atoms with E-state index in [0.29, 0.717) is 4.90 Å². The van der Waals surface area contributed by atoms with E-state index in [0.717, 1.165) is 30.5 Å². The van der Waals surface area contributed by atoms with Gasteiger partial charge >= 0.3 is 0 Å². The van der Waals surface area contributed by atoms with Crippen molar-refractivity contribution in [2.24, 2.45) is 0 Å². The molecule has 0 amide bonds. The molecule has 1 heterocycles. The Hall–Kier alpha value is -0.910. The van der Waals surface area contributed by atoms with Crippen LogP contribution in [0.3, 0.4) is 0 Å². The number of sulfonamides is 1. The molecule has 1 fully saturated rings. The van der Waals surface area contributed by atoms with Crippen LogP contribution in [0.1, 0.15) is 37.3 Å². The lowest BCUT2D eigenvalue weighted by Gasteiger charge is -2.29. The first-order valence-corrected chi connectivity index (χ1v) is 8.71. The molecule has 5 heteroatoms. The molecule has 1 aliphatic heterocycles. The van der Waals surface area contributed by atoms with Gasteiger partial charge in [-0.15, -0.1) is 0 Å². The molecule has 1 saturated heterocycles. The second-order valence-electron chi connectivity index (χ2n) is 5.74. The molecule has 4 nitrogen and oxygen atoms in total. The molecule has 0 spiro atoms. The highest BCUT2D eigenvalue weighted by molar-refractivity contribution is 7.89. The molecule has 2 N–H and O–H groups in total. The Kier molecular flexibility index (Phi) is 4.83. The molecular formula is C15H24N2O2S. The van der Waals surface area contributed by atoms with Crippen LogP contribution in [0.4, 0.5) is 0 Å². The lowest BCUT2D eigenvalue weighted by Crippen LogP contribution is -2.50. The molecule has 112 valence electrons. The van der Waals surface area contributed by atoms with E-state index in [9.17, 15) is 8.42 Å². The molecule has 0 bridgehead atoms. The highest BCUT2D eigenvalue weighted by atomic mass is 32.2. The fourth-order valence-corrected chi connectivity index (χ4v) is 4.31. The Morgan fingerprint density at radius 2 is 2.05 bits per heavy atom. The van der Waals surface area contributed by atoms with E-state index in [1.807, 2.05) is 32.9 Å². The van der Waals surface area contributed by atoms with E-state index >= 15 is 0 Å². The monoisotopic (exact) mass is 296 g/mol. The summed E-state index contributed by atoms with van der Waals surface area (Å²) < 4.78 is 27.9. The van der Waals surface area contributed by atoms with Gasteiger partial charge in [-0.05, 0) is 57.4 Å². The fourth-order valence-electron chi connectivity index (χ4n) is 2.69. The van der Waals surface area contributed by atoms with E-state index in [2.05, 4.69) is 10.0 Å². The van der Waals surface area contributed by atoms with Crippen molar-refractivity contribution in [2.75, 3.05) is 6.54 Å². The highest BCUT2D eigenvalue weighted by Gasteiger charge is 2.25. The maximum absolute atomic E-state index is 12.5. The van der Waals surface area contributed by atoms with Crippen LogP contribution < -0.4 is 10.0 Å². The molecular weight excluding hydrogens is 272 g/mol. The third-order valence-corrected chi connectivity index (χ3v) is 5.63. The number of hydrogen-bond donors (Lipinski definition) is 2. The zero-order valence-corrected chi connectivity index (χ0v) is 13.3. The van der Waals surface area contributed by atoms with Crippen molar-refractivity contribution in [2.45, 2.75) is 57.0 Å². The smallest absolute Gasteiger partial charge is 0.241 e. The maximum Gasteiger partial charge on any atom is 0.241 e. The van der Waals surface area contributed by atoms with Crippen molar-refractivity contribution in [3.05, 3.63) is 29.3 Å². The van der Waals surface area contributed by atoms with Crippen LogP contribution in [0, 0.1) is 13.8 Å². The van der Waals surface area contributed by atoms with Gasteiger partial charge < -0.3 is 5.32 Å². The van der Waals surface area contributed by atoms with Gasteiger partial charge in [-0.2, -0.15) is 0 Å². The first-order chi connectivity index (χ1) is 9.40. The topological polar surface area (TPSA) is 58.2 Å². The average Bonchev–Trinajstić information content (AvgIpc) is 2.42. The average molecular weight is 296 g/mol. The minimum atomic E-state index is -3.45. The third-order valence-electron chi connectivity index (χ3n) is 3.93. The molecule has 2 rings (SSSR count). The van der Waals surface area contributed by atoms with Gasteiger partial charge in [0.05, 0.1) is 4.90 Å². The summed E-state index contributed by atoms with van der Waals surface area (Å²) in [6, 6.07) is 5.65. The van der Waals surface area contributed by atoms with E-state index in [1.165, 1.54) is 6.42 Å². The maximum atomic E-state index is 12.5. The molecule has 1 aliphatic rings. The molecule has 2 atom stereocenters. The van der Waals surface area contributed by atoms with Crippen molar-refractivity contribution in [3.8, 4) is 0 Å². The molecule has 0 aromatic heterocycles. The number of nitrogens with one attached hydrogen (secondary N) is 2. The molecule has 1 aromatic rings. The van der Waals surface area contributed by atoms with Crippen LogP contribution in [-0.4, -0.2) is 27.0 Å². The Bertz CT molecular complexity index is 563. The molecule has 0 saturated carbocycles. The second kappa shape index (κ2) is 6.24. The summed E-state index contributed by atoms with van der Waals surface area (Å²) in [6.07, 6.45) is 3.36. The predicted molar refractivity (Wildman–Crippen MR) is 81.3 cm³/mol. The van der Waals surface area contributed by atoms with Crippen molar-refractivity contribution in [1.82, 2.24) is 10.0 Å². The van der Waals surface area contributed by atoms with Crippen LogP contribution in [0.25, 0.3) is 0 Å². The third kappa shape index (κ3) is 3.59. The first kappa shape index (κ1) is 15.5. The number of piperidine rings is 1. The molecule has 1 aromatic carbocycles. The lowest BCUT2D eigenvalue weighted by atomic mass is 10.00. The van der Waals surface area contributed by atoms with Crippen molar-refractivity contribution in [1.29, 1.82) is 0 Å². The van der Waals surface area contributed by atoms with Gasteiger partial charge in [0, 0.05) is 12.1 Å². The standard InChI is InChI=1S/C15H24N2O2S/c1-11-7-8-12(2)15(10-11)20(18,19)17-13(3)14-6-4-5-9-16-14/h7-8,10,13-14,16-17H,4-6,9H2,1-3H3. The second-order valence-corrected chi connectivity index (χ2v) is 7.42. The SMILES string of the molecule is Cc1ccc(C)c(S(=O)(=O)NC(C)C2CCCCN2)c1. The van der Waals surface area contributed by atoms with Crippen LogP contribution >= 0.6 is 0 Å². The van der Waals surface area contributed by atoms with Crippen molar-refractivity contribution >= 4 is 10.0 Å². The van der Waals surface area contributed by atoms with Gasteiger partial charge in [0.2, 0.25) is 10.0 Å². The molecule has 0 radical (unpaired) electrons. The minimum Gasteiger partial charge on any atom is -0.312 e. The minimum absolute atomic E-state index is 0.0970. The molecule has 20 heavy (non-hydrogen) atoms. The normalized spacial score (nSPS) is 21.6. The first-order valence-electron chi connectivity index (χ1n) is 7.23. The van der Waals surface area contributed by atoms with E-state index in [1.54, 1.807) is 6.07 Å². The van der Waals surface area contributed by atoms with E-state index in [4.69, 9.17) is 0 Å². The Balaban J connectivity index is 2.16. The van der Waals surface area contributed by atoms with Crippen LogP contribution in [-0.2, 0) is 10.0 Å². The van der Waals surface area contributed by atoms with Gasteiger partial charge in [0.15, 0.2) is 0 Å². The summed E-state index contributed by atoms with van der Waals surface area (Å²) >= 11 is 0. The number of rotatable bonds is 4. The summed E-state index contributed by atoms with van der Waals surface area (Å²) in [4.78, 5) is 0.389.